The van der Waals surface area contributed by atoms with Crippen molar-refractivity contribution in [2.45, 2.75) is 64.1 Å². The highest BCUT2D eigenvalue weighted by molar-refractivity contribution is 5.17. The van der Waals surface area contributed by atoms with Gasteiger partial charge in [-0.2, -0.15) is 0 Å². The van der Waals surface area contributed by atoms with Gasteiger partial charge >= 0.3 is 0 Å². The summed E-state index contributed by atoms with van der Waals surface area (Å²) < 4.78 is 0. The molecule has 0 radical (unpaired) electrons. The first kappa shape index (κ1) is 14.0. The molecule has 2 aliphatic rings. The average molecular weight is 273 g/mol. The summed E-state index contributed by atoms with van der Waals surface area (Å²) in [6.07, 6.45) is 9.40. The molecule has 3 heteroatoms. The number of hydrogen-bond donors (Lipinski definition) is 1. The van der Waals surface area contributed by atoms with Gasteiger partial charge in [0.25, 0.3) is 0 Å². The van der Waals surface area contributed by atoms with E-state index < -0.39 is 0 Å². The highest BCUT2D eigenvalue weighted by Crippen LogP contribution is 2.36. The van der Waals surface area contributed by atoms with Crippen LogP contribution >= 0.6 is 0 Å². The molecule has 1 saturated heterocycles. The Labute approximate surface area is 122 Å². The van der Waals surface area contributed by atoms with Crippen LogP contribution in [0, 0.1) is 6.92 Å². The van der Waals surface area contributed by atoms with E-state index in [-0.39, 0.29) is 5.54 Å². The molecule has 1 aliphatic carbocycles. The summed E-state index contributed by atoms with van der Waals surface area (Å²) in [5, 5.41) is 3.85. The van der Waals surface area contributed by atoms with Crippen LogP contribution in [0.15, 0.2) is 18.5 Å². The summed E-state index contributed by atoms with van der Waals surface area (Å²) in [5.41, 5.74) is 3.20. The molecule has 1 N–H and O–H groups in total. The van der Waals surface area contributed by atoms with Gasteiger partial charge in [0.15, 0.2) is 0 Å². The molecule has 20 heavy (non-hydrogen) atoms. The van der Waals surface area contributed by atoms with Crippen molar-refractivity contribution in [1.29, 1.82) is 0 Å². The van der Waals surface area contributed by atoms with Crippen molar-refractivity contribution in [1.82, 2.24) is 15.2 Å². The number of pyridine rings is 1. The Morgan fingerprint density at radius 3 is 2.70 bits per heavy atom. The van der Waals surface area contributed by atoms with E-state index in [1.807, 2.05) is 12.4 Å². The number of aryl methyl sites for hydroxylation is 1. The Morgan fingerprint density at radius 2 is 2.00 bits per heavy atom. The molecule has 1 aromatic heterocycles. The molecule has 1 aliphatic heterocycles. The number of piperazine rings is 1. The molecule has 1 spiro atoms. The first-order valence-electron chi connectivity index (χ1n) is 7.90. The standard InChI is InChI=1S/C17H27N3/c1-14-8-15(10-18-9-14)11-20-13-17(6-4-5-7-17)19-12-16(20,2)3/h8-10,19H,4-7,11-13H2,1-3H3. The summed E-state index contributed by atoms with van der Waals surface area (Å²) >= 11 is 0. The zero-order valence-electron chi connectivity index (χ0n) is 13.1. The molecular formula is C17H27N3. The van der Waals surface area contributed by atoms with Crippen molar-refractivity contribution in [3.8, 4) is 0 Å². The van der Waals surface area contributed by atoms with Crippen LogP contribution in [-0.2, 0) is 6.54 Å². The zero-order chi connectivity index (χ0) is 14.2. The van der Waals surface area contributed by atoms with Crippen LogP contribution in [0.4, 0.5) is 0 Å². The summed E-state index contributed by atoms with van der Waals surface area (Å²) in [7, 11) is 0. The van der Waals surface area contributed by atoms with E-state index in [2.05, 4.69) is 42.0 Å². The van der Waals surface area contributed by atoms with Gasteiger partial charge in [-0.25, -0.2) is 0 Å². The lowest BCUT2D eigenvalue weighted by Gasteiger charge is -2.51. The highest BCUT2D eigenvalue weighted by Gasteiger charge is 2.43. The molecule has 3 nitrogen and oxygen atoms in total. The predicted molar refractivity (Wildman–Crippen MR) is 82.7 cm³/mol. The molecule has 2 heterocycles. The molecule has 0 atom stereocenters. The molecule has 0 amide bonds. The van der Waals surface area contributed by atoms with Gasteiger partial charge in [-0.3, -0.25) is 9.88 Å². The van der Waals surface area contributed by atoms with Gasteiger partial charge in [-0.05, 0) is 44.7 Å². The Kier molecular flexibility index (Phi) is 3.59. The van der Waals surface area contributed by atoms with Gasteiger partial charge in [-0.1, -0.05) is 18.9 Å². The topological polar surface area (TPSA) is 28.2 Å². The monoisotopic (exact) mass is 273 g/mol. The van der Waals surface area contributed by atoms with Crippen LogP contribution in [-0.4, -0.2) is 34.1 Å². The maximum atomic E-state index is 4.34. The minimum Gasteiger partial charge on any atom is -0.308 e. The largest absolute Gasteiger partial charge is 0.308 e. The van der Waals surface area contributed by atoms with Gasteiger partial charge in [-0.15, -0.1) is 0 Å². The Hall–Kier alpha value is -0.930. The van der Waals surface area contributed by atoms with Gasteiger partial charge < -0.3 is 5.32 Å². The summed E-state index contributed by atoms with van der Waals surface area (Å²) in [5.74, 6) is 0. The minimum absolute atomic E-state index is 0.220. The van der Waals surface area contributed by atoms with Crippen molar-refractivity contribution >= 4 is 0 Å². The smallest absolute Gasteiger partial charge is 0.0313 e. The molecule has 110 valence electrons. The first-order chi connectivity index (χ1) is 9.49. The molecule has 1 saturated carbocycles. The van der Waals surface area contributed by atoms with Crippen LogP contribution < -0.4 is 5.32 Å². The van der Waals surface area contributed by atoms with Gasteiger partial charge in [0.1, 0.15) is 0 Å². The van der Waals surface area contributed by atoms with E-state index >= 15 is 0 Å². The van der Waals surface area contributed by atoms with E-state index in [4.69, 9.17) is 0 Å². The van der Waals surface area contributed by atoms with Gasteiger partial charge in [0.2, 0.25) is 0 Å². The Balaban J connectivity index is 1.78. The second kappa shape index (κ2) is 5.12. The maximum absolute atomic E-state index is 4.34. The second-order valence-electron chi connectivity index (χ2n) is 7.38. The lowest BCUT2D eigenvalue weighted by molar-refractivity contribution is 0.0216. The van der Waals surface area contributed by atoms with E-state index in [9.17, 15) is 0 Å². The Morgan fingerprint density at radius 1 is 1.25 bits per heavy atom. The lowest BCUT2D eigenvalue weighted by Crippen LogP contribution is -2.66. The molecular weight excluding hydrogens is 246 g/mol. The third-order valence-corrected chi connectivity index (χ3v) is 5.11. The van der Waals surface area contributed by atoms with E-state index in [0.717, 1.165) is 13.1 Å². The van der Waals surface area contributed by atoms with Crippen LogP contribution in [0.2, 0.25) is 0 Å². The summed E-state index contributed by atoms with van der Waals surface area (Å²) in [6.45, 7) is 10.1. The maximum Gasteiger partial charge on any atom is 0.0313 e. The number of rotatable bonds is 2. The van der Waals surface area contributed by atoms with E-state index in [1.54, 1.807) is 0 Å². The van der Waals surface area contributed by atoms with Crippen molar-refractivity contribution in [3.05, 3.63) is 29.6 Å². The van der Waals surface area contributed by atoms with Crippen LogP contribution in [0.3, 0.4) is 0 Å². The van der Waals surface area contributed by atoms with E-state index in [1.165, 1.54) is 43.4 Å². The fraction of sp³-hybridized carbons (Fsp3) is 0.706. The molecule has 2 fully saturated rings. The van der Waals surface area contributed by atoms with Crippen LogP contribution in [0.1, 0.15) is 50.7 Å². The lowest BCUT2D eigenvalue weighted by atomic mass is 9.87. The third kappa shape index (κ3) is 2.75. The van der Waals surface area contributed by atoms with Crippen LogP contribution in [0.25, 0.3) is 0 Å². The molecule has 3 rings (SSSR count). The molecule has 0 unspecified atom stereocenters. The molecule has 0 bridgehead atoms. The van der Waals surface area contributed by atoms with Crippen molar-refractivity contribution in [3.63, 3.8) is 0 Å². The normalized spacial score (nSPS) is 25.1. The third-order valence-electron chi connectivity index (χ3n) is 5.11. The van der Waals surface area contributed by atoms with Crippen molar-refractivity contribution in [2.24, 2.45) is 0 Å². The van der Waals surface area contributed by atoms with E-state index in [0.29, 0.717) is 5.54 Å². The fourth-order valence-corrected chi connectivity index (χ4v) is 3.73. The average Bonchev–Trinajstić information content (AvgIpc) is 2.84. The quantitative estimate of drug-likeness (QED) is 0.898. The van der Waals surface area contributed by atoms with Crippen molar-refractivity contribution < 1.29 is 0 Å². The Bertz CT molecular complexity index is 475. The molecule has 1 aromatic rings. The number of nitrogens with zero attached hydrogens (tertiary/aromatic N) is 2. The summed E-state index contributed by atoms with van der Waals surface area (Å²) in [4.78, 5) is 7.00. The van der Waals surface area contributed by atoms with Crippen LogP contribution in [0.5, 0.6) is 0 Å². The fourth-order valence-electron chi connectivity index (χ4n) is 3.73. The zero-order valence-corrected chi connectivity index (χ0v) is 13.1. The van der Waals surface area contributed by atoms with Gasteiger partial charge in [0.05, 0.1) is 0 Å². The number of hydrogen-bond acceptors (Lipinski definition) is 3. The number of nitrogens with one attached hydrogen (secondary N) is 1. The molecule has 0 aromatic carbocycles. The van der Waals surface area contributed by atoms with Gasteiger partial charge in [0, 0.05) is 43.1 Å². The SMILES string of the molecule is Cc1cncc(CN2CC3(CCCC3)NCC2(C)C)c1. The second-order valence-corrected chi connectivity index (χ2v) is 7.38. The predicted octanol–water partition coefficient (Wildman–Crippen LogP) is 2.89. The van der Waals surface area contributed by atoms with Crippen molar-refractivity contribution in [2.75, 3.05) is 13.1 Å². The number of aromatic nitrogens is 1. The first-order valence-corrected chi connectivity index (χ1v) is 7.90. The summed E-state index contributed by atoms with van der Waals surface area (Å²) in [6, 6.07) is 2.27. The highest BCUT2D eigenvalue weighted by atomic mass is 15.3. The minimum atomic E-state index is 0.220.